The number of carboxylic acid groups (broad SMARTS) is 1. The molecular weight excluding hydrogens is 412 g/mol. The molecule has 7 heteroatoms. The van der Waals surface area contributed by atoms with Crippen LogP contribution in [0.25, 0.3) is 0 Å². The Bertz CT molecular complexity index is 923. The van der Waals surface area contributed by atoms with Crippen molar-refractivity contribution < 1.29 is 18.7 Å². The summed E-state index contributed by atoms with van der Waals surface area (Å²) in [4.78, 5) is 18.2. The van der Waals surface area contributed by atoms with Crippen LogP contribution in [0.15, 0.2) is 42.5 Å². The van der Waals surface area contributed by atoms with E-state index in [0.29, 0.717) is 37.8 Å². The molecule has 0 saturated carbocycles. The SMILES string of the molecule is O=C(O)C(c1ccccc1)N1CCC(C(F)(F)CCCCc2ccc3c(n2)NCCC3)C1. The van der Waals surface area contributed by atoms with Gasteiger partial charge in [-0.05, 0) is 62.3 Å². The van der Waals surface area contributed by atoms with Crippen molar-refractivity contribution in [3.63, 3.8) is 0 Å². The lowest BCUT2D eigenvalue weighted by molar-refractivity contribution is -0.143. The fourth-order valence-corrected chi connectivity index (χ4v) is 4.89. The Morgan fingerprint density at radius 3 is 2.81 bits per heavy atom. The highest BCUT2D eigenvalue weighted by Crippen LogP contribution is 2.39. The monoisotopic (exact) mass is 443 g/mol. The van der Waals surface area contributed by atoms with Gasteiger partial charge in [-0.25, -0.2) is 13.8 Å². The van der Waals surface area contributed by atoms with E-state index in [4.69, 9.17) is 0 Å². The number of unbranched alkanes of at least 4 members (excludes halogenated alkanes) is 1. The first-order chi connectivity index (χ1) is 15.4. The quantitative estimate of drug-likeness (QED) is 0.538. The number of aryl methyl sites for hydroxylation is 2. The minimum absolute atomic E-state index is 0.108. The molecule has 4 rings (SSSR count). The molecule has 1 fully saturated rings. The lowest BCUT2D eigenvalue weighted by atomic mass is 9.95. The molecule has 1 aromatic heterocycles. The third-order valence-corrected chi connectivity index (χ3v) is 6.68. The van der Waals surface area contributed by atoms with Gasteiger partial charge >= 0.3 is 5.97 Å². The highest BCUT2D eigenvalue weighted by atomic mass is 19.3. The second-order valence-corrected chi connectivity index (χ2v) is 8.94. The van der Waals surface area contributed by atoms with Crippen LogP contribution in [-0.2, 0) is 17.6 Å². The van der Waals surface area contributed by atoms with E-state index in [1.165, 1.54) is 5.56 Å². The van der Waals surface area contributed by atoms with Gasteiger partial charge in [-0.3, -0.25) is 9.69 Å². The van der Waals surface area contributed by atoms with Gasteiger partial charge in [0, 0.05) is 31.1 Å². The number of rotatable bonds is 9. The average Bonchev–Trinajstić information content (AvgIpc) is 3.28. The van der Waals surface area contributed by atoms with E-state index in [1.54, 1.807) is 29.2 Å². The predicted molar refractivity (Wildman–Crippen MR) is 120 cm³/mol. The van der Waals surface area contributed by atoms with Gasteiger partial charge in [-0.15, -0.1) is 0 Å². The Kier molecular flexibility index (Phi) is 7.04. The molecular formula is C25H31F2N3O2. The first-order valence-corrected chi connectivity index (χ1v) is 11.6. The van der Waals surface area contributed by atoms with Crippen LogP contribution >= 0.6 is 0 Å². The molecule has 1 aromatic carbocycles. The van der Waals surface area contributed by atoms with Crippen LogP contribution in [0.2, 0.25) is 0 Å². The lowest BCUT2D eigenvalue weighted by Gasteiger charge is -2.27. The number of carboxylic acids is 1. The summed E-state index contributed by atoms with van der Waals surface area (Å²) in [6, 6.07) is 12.1. The number of alkyl halides is 2. The molecule has 2 aromatic rings. The van der Waals surface area contributed by atoms with Crippen molar-refractivity contribution in [3.05, 3.63) is 59.3 Å². The summed E-state index contributed by atoms with van der Waals surface area (Å²) in [5, 5.41) is 13.0. The minimum Gasteiger partial charge on any atom is -0.480 e. The molecule has 2 aliphatic rings. The summed E-state index contributed by atoms with van der Waals surface area (Å²) in [6.45, 7) is 1.41. The number of nitrogens with zero attached hydrogens (tertiary/aromatic N) is 2. The number of anilines is 1. The molecule has 0 spiro atoms. The smallest absolute Gasteiger partial charge is 0.325 e. The van der Waals surface area contributed by atoms with Gasteiger partial charge in [0.2, 0.25) is 0 Å². The summed E-state index contributed by atoms with van der Waals surface area (Å²) in [7, 11) is 0. The molecule has 2 unspecified atom stereocenters. The van der Waals surface area contributed by atoms with Crippen LogP contribution in [-0.4, -0.2) is 46.5 Å². The fraction of sp³-hybridized carbons (Fsp3) is 0.520. The van der Waals surface area contributed by atoms with Crippen LogP contribution in [0.4, 0.5) is 14.6 Å². The number of hydrogen-bond acceptors (Lipinski definition) is 4. The van der Waals surface area contributed by atoms with Crippen molar-refractivity contribution in [2.75, 3.05) is 25.0 Å². The normalized spacial score (nSPS) is 19.9. The van der Waals surface area contributed by atoms with E-state index in [-0.39, 0.29) is 13.0 Å². The third-order valence-electron chi connectivity index (χ3n) is 6.68. The third kappa shape index (κ3) is 5.26. The Balaban J connectivity index is 1.28. The summed E-state index contributed by atoms with van der Waals surface area (Å²) in [6.07, 6.45) is 4.08. The van der Waals surface area contributed by atoms with Crippen LogP contribution in [0.1, 0.15) is 55.0 Å². The largest absolute Gasteiger partial charge is 0.480 e. The van der Waals surface area contributed by atoms with Crippen LogP contribution in [0.3, 0.4) is 0 Å². The molecule has 2 aliphatic heterocycles. The molecule has 0 bridgehead atoms. The lowest BCUT2D eigenvalue weighted by Crippen LogP contribution is -2.35. The highest BCUT2D eigenvalue weighted by molar-refractivity contribution is 5.75. The molecule has 0 radical (unpaired) electrons. The number of carbonyl (C=O) groups is 1. The van der Waals surface area contributed by atoms with E-state index < -0.39 is 23.9 Å². The van der Waals surface area contributed by atoms with Gasteiger partial charge in [0.05, 0.1) is 0 Å². The summed E-state index contributed by atoms with van der Waals surface area (Å²) < 4.78 is 29.8. The number of halogens is 2. The number of nitrogens with one attached hydrogen (secondary N) is 1. The first kappa shape index (κ1) is 22.6. The van der Waals surface area contributed by atoms with Gasteiger partial charge < -0.3 is 10.4 Å². The zero-order valence-electron chi connectivity index (χ0n) is 18.3. The number of fused-ring (bicyclic) bond motifs is 1. The van der Waals surface area contributed by atoms with Crippen molar-refractivity contribution in [1.29, 1.82) is 0 Å². The number of likely N-dealkylation sites (tertiary alicyclic amines) is 1. The molecule has 172 valence electrons. The Morgan fingerprint density at radius 1 is 1.22 bits per heavy atom. The number of hydrogen-bond donors (Lipinski definition) is 2. The van der Waals surface area contributed by atoms with Crippen molar-refractivity contribution in [2.45, 2.75) is 56.9 Å². The minimum atomic E-state index is -2.79. The van der Waals surface area contributed by atoms with Crippen molar-refractivity contribution in [3.8, 4) is 0 Å². The molecule has 0 amide bonds. The van der Waals surface area contributed by atoms with Crippen molar-refractivity contribution in [2.24, 2.45) is 5.92 Å². The summed E-state index contributed by atoms with van der Waals surface area (Å²) in [5.41, 5.74) is 2.81. The molecule has 1 saturated heterocycles. The zero-order chi connectivity index (χ0) is 22.6. The second-order valence-electron chi connectivity index (χ2n) is 8.94. The summed E-state index contributed by atoms with van der Waals surface area (Å²) in [5.74, 6) is -3.65. The Morgan fingerprint density at radius 2 is 2.03 bits per heavy atom. The molecule has 2 N–H and O–H groups in total. The molecule has 32 heavy (non-hydrogen) atoms. The van der Waals surface area contributed by atoms with Crippen molar-refractivity contribution in [1.82, 2.24) is 9.88 Å². The number of pyridine rings is 1. The Labute approximate surface area is 187 Å². The standard InChI is InChI=1S/C25H31F2N3O2/c26-25(27,14-5-4-10-21-12-11-19-9-6-15-28-23(19)29-21)20-13-16-30(17-20)22(24(31)32)18-7-2-1-3-8-18/h1-3,7-8,11-12,20,22H,4-6,9-10,13-17H2,(H,28,29)(H,31,32). The number of benzene rings is 1. The maximum absolute atomic E-state index is 14.9. The van der Waals surface area contributed by atoms with E-state index in [1.807, 2.05) is 12.1 Å². The topological polar surface area (TPSA) is 65.5 Å². The van der Waals surface area contributed by atoms with E-state index in [2.05, 4.69) is 16.4 Å². The fourth-order valence-electron chi connectivity index (χ4n) is 4.89. The van der Waals surface area contributed by atoms with Crippen LogP contribution in [0.5, 0.6) is 0 Å². The molecule has 0 aliphatic carbocycles. The maximum Gasteiger partial charge on any atom is 0.325 e. The number of aliphatic carboxylic acids is 1. The molecule has 5 nitrogen and oxygen atoms in total. The van der Waals surface area contributed by atoms with Crippen LogP contribution in [0, 0.1) is 5.92 Å². The van der Waals surface area contributed by atoms with Gasteiger partial charge in [0.1, 0.15) is 11.9 Å². The molecule has 3 heterocycles. The van der Waals surface area contributed by atoms with E-state index in [0.717, 1.165) is 30.9 Å². The Hall–Kier alpha value is -2.54. The predicted octanol–water partition coefficient (Wildman–Crippen LogP) is 4.94. The molecule has 2 atom stereocenters. The van der Waals surface area contributed by atoms with Gasteiger partial charge in [-0.2, -0.15) is 0 Å². The summed E-state index contributed by atoms with van der Waals surface area (Å²) >= 11 is 0. The van der Waals surface area contributed by atoms with Crippen LogP contribution < -0.4 is 5.32 Å². The van der Waals surface area contributed by atoms with Gasteiger partial charge in [0.15, 0.2) is 0 Å². The maximum atomic E-state index is 14.9. The van der Waals surface area contributed by atoms with E-state index >= 15 is 0 Å². The van der Waals surface area contributed by atoms with E-state index in [9.17, 15) is 18.7 Å². The highest BCUT2D eigenvalue weighted by Gasteiger charge is 2.45. The number of aromatic nitrogens is 1. The second kappa shape index (κ2) is 9.94. The van der Waals surface area contributed by atoms with Gasteiger partial charge in [-0.1, -0.05) is 36.4 Å². The first-order valence-electron chi connectivity index (χ1n) is 11.6. The average molecular weight is 444 g/mol. The zero-order valence-corrected chi connectivity index (χ0v) is 18.3. The van der Waals surface area contributed by atoms with Gasteiger partial charge in [0.25, 0.3) is 5.92 Å². The van der Waals surface area contributed by atoms with Crippen molar-refractivity contribution >= 4 is 11.8 Å².